The molecular formula is C16H25NO3S2. The summed E-state index contributed by atoms with van der Waals surface area (Å²) in [6, 6.07) is 1.84. The van der Waals surface area contributed by atoms with Gasteiger partial charge in [0.05, 0.1) is 16.4 Å². The van der Waals surface area contributed by atoms with Crippen LogP contribution in [0, 0.1) is 6.92 Å². The van der Waals surface area contributed by atoms with Crippen LogP contribution in [0.4, 0.5) is 0 Å². The van der Waals surface area contributed by atoms with Crippen molar-refractivity contribution in [1.82, 2.24) is 4.90 Å². The van der Waals surface area contributed by atoms with Gasteiger partial charge in [-0.25, -0.2) is 8.42 Å². The number of aryl methyl sites for hydroxylation is 2. The van der Waals surface area contributed by atoms with Gasteiger partial charge >= 0.3 is 0 Å². The minimum atomic E-state index is -2.98. The van der Waals surface area contributed by atoms with E-state index in [9.17, 15) is 13.2 Å². The fourth-order valence-corrected chi connectivity index (χ4v) is 5.75. The second-order valence-corrected chi connectivity index (χ2v) is 9.48. The molecule has 1 fully saturated rings. The molecule has 1 aliphatic heterocycles. The standard InChI is InChI=1S/C16H25NO3S2/c1-4-6-13-10-15(21-12(13)3)16(18)17(8-5-2)14-7-9-22(19,20)11-14/h10,14H,4-9,11H2,1-3H3. The molecule has 1 atom stereocenters. The Morgan fingerprint density at radius 2 is 2.09 bits per heavy atom. The highest BCUT2D eigenvalue weighted by Crippen LogP contribution is 2.27. The lowest BCUT2D eigenvalue weighted by atomic mass is 10.1. The molecule has 0 spiro atoms. The van der Waals surface area contributed by atoms with E-state index in [0.29, 0.717) is 13.0 Å². The van der Waals surface area contributed by atoms with E-state index in [2.05, 4.69) is 13.8 Å². The fraction of sp³-hybridized carbons (Fsp3) is 0.688. The molecule has 0 bridgehead atoms. The molecule has 0 saturated carbocycles. The van der Waals surface area contributed by atoms with Crippen LogP contribution in [-0.2, 0) is 16.3 Å². The van der Waals surface area contributed by atoms with Crippen molar-refractivity contribution in [1.29, 1.82) is 0 Å². The quantitative estimate of drug-likeness (QED) is 0.798. The minimum absolute atomic E-state index is 0.000553. The van der Waals surface area contributed by atoms with Crippen molar-refractivity contribution in [2.75, 3.05) is 18.1 Å². The molecule has 6 heteroatoms. The molecule has 0 radical (unpaired) electrons. The lowest BCUT2D eigenvalue weighted by molar-refractivity contribution is 0.0702. The second kappa shape index (κ2) is 7.13. The van der Waals surface area contributed by atoms with Crippen LogP contribution in [-0.4, -0.2) is 43.3 Å². The molecule has 1 unspecified atom stereocenters. The number of hydrogen-bond acceptors (Lipinski definition) is 4. The van der Waals surface area contributed by atoms with Gasteiger partial charge in [0.2, 0.25) is 0 Å². The zero-order valence-corrected chi connectivity index (χ0v) is 15.2. The summed E-state index contributed by atoms with van der Waals surface area (Å²) in [7, 11) is -2.98. The van der Waals surface area contributed by atoms with Crippen LogP contribution in [0.2, 0.25) is 0 Å². The zero-order chi connectivity index (χ0) is 16.3. The predicted octanol–water partition coefficient (Wildman–Crippen LogP) is 3.05. The van der Waals surface area contributed by atoms with Gasteiger partial charge in [0, 0.05) is 17.5 Å². The summed E-state index contributed by atoms with van der Waals surface area (Å²) in [5, 5.41) is 0. The van der Waals surface area contributed by atoms with Gasteiger partial charge in [-0.15, -0.1) is 11.3 Å². The molecule has 1 saturated heterocycles. The topological polar surface area (TPSA) is 54.5 Å². The van der Waals surface area contributed by atoms with E-state index in [0.717, 1.165) is 24.1 Å². The molecule has 2 rings (SSSR count). The predicted molar refractivity (Wildman–Crippen MR) is 91.4 cm³/mol. The van der Waals surface area contributed by atoms with Gasteiger partial charge in [0.15, 0.2) is 9.84 Å². The van der Waals surface area contributed by atoms with Crippen molar-refractivity contribution >= 4 is 27.1 Å². The summed E-state index contributed by atoms with van der Waals surface area (Å²) in [5.41, 5.74) is 1.24. The lowest BCUT2D eigenvalue weighted by Gasteiger charge is -2.27. The molecule has 0 aromatic carbocycles. The Labute approximate surface area is 137 Å². The third-order valence-electron chi connectivity index (χ3n) is 4.13. The Bertz CT molecular complexity index is 634. The Kier molecular flexibility index (Phi) is 5.66. The monoisotopic (exact) mass is 343 g/mol. The third-order valence-corrected chi connectivity index (χ3v) is 6.96. The van der Waals surface area contributed by atoms with Crippen molar-refractivity contribution in [3.8, 4) is 0 Å². The Morgan fingerprint density at radius 1 is 1.36 bits per heavy atom. The van der Waals surface area contributed by atoms with Crippen LogP contribution in [0.3, 0.4) is 0 Å². The Hall–Kier alpha value is -0.880. The van der Waals surface area contributed by atoms with Gasteiger partial charge in [-0.1, -0.05) is 20.3 Å². The molecule has 1 aliphatic rings. The molecule has 0 aliphatic carbocycles. The van der Waals surface area contributed by atoms with Gasteiger partial charge < -0.3 is 4.90 Å². The highest BCUT2D eigenvalue weighted by atomic mass is 32.2. The lowest BCUT2D eigenvalue weighted by Crippen LogP contribution is -2.41. The largest absolute Gasteiger partial charge is 0.334 e. The van der Waals surface area contributed by atoms with E-state index in [1.807, 2.05) is 13.0 Å². The van der Waals surface area contributed by atoms with Crippen molar-refractivity contribution in [2.24, 2.45) is 0 Å². The summed E-state index contributed by atoms with van der Waals surface area (Å²) in [6.45, 7) is 6.83. The van der Waals surface area contributed by atoms with Crippen LogP contribution >= 0.6 is 11.3 Å². The number of amides is 1. The summed E-state index contributed by atoms with van der Waals surface area (Å²) < 4.78 is 23.4. The van der Waals surface area contributed by atoms with E-state index in [1.54, 1.807) is 4.90 Å². The number of hydrogen-bond donors (Lipinski definition) is 0. The first-order valence-electron chi connectivity index (χ1n) is 7.98. The third kappa shape index (κ3) is 3.90. The molecule has 2 heterocycles. The van der Waals surface area contributed by atoms with E-state index in [-0.39, 0.29) is 23.5 Å². The van der Waals surface area contributed by atoms with E-state index < -0.39 is 9.84 Å². The SMILES string of the molecule is CCCc1cc(C(=O)N(CCC)C2CCS(=O)(=O)C2)sc1C. The van der Waals surface area contributed by atoms with Crippen molar-refractivity contribution < 1.29 is 13.2 Å². The number of carbonyl (C=O) groups is 1. The van der Waals surface area contributed by atoms with Crippen LogP contribution in [0.5, 0.6) is 0 Å². The summed E-state index contributed by atoms with van der Waals surface area (Å²) in [6.07, 6.45) is 3.46. The fourth-order valence-electron chi connectivity index (χ4n) is 3.00. The Balaban J connectivity index is 2.21. The molecule has 22 heavy (non-hydrogen) atoms. The normalized spacial score (nSPS) is 20.2. The first-order chi connectivity index (χ1) is 10.4. The first-order valence-corrected chi connectivity index (χ1v) is 10.6. The van der Waals surface area contributed by atoms with Crippen LogP contribution < -0.4 is 0 Å². The number of nitrogens with zero attached hydrogens (tertiary/aromatic N) is 1. The van der Waals surface area contributed by atoms with Crippen LogP contribution in [0.15, 0.2) is 6.07 Å². The summed E-state index contributed by atoms with van der Waals surface area (Å²) in [5.74, 6) is 0.320. The number of carbonyl (C=O) groups excluding carboxylic acids is 1. The molecule has 1 amide bonds. The van der Waals surface area contributed by atoms with Gasteiger partial charge in [-0.2, -0.15) is 0 Å². The minimum Gasteiger partial charge on any atom is -0.334 e. The van der Waals surface area contributed by atoms with Crippen molar-refractivity contribution in [2.45, 2.75) is 52.5 Å². The number of rotatable bonds is 6. The van der Waals surface area contributed by atoms with E-state index in [1.165, 1.54) is 21.8 Å². The maximum atomic E-state index is 12.8. The molecule has 124 valence electrons. The molecule has 4 nitrogen and oxygen atoms in total. The van der Waals surface area contributed by atoms with Gasteiger partial charge in [-0.05, 0) is 37.8 Å². The number of sulfone groups is 1. The zero-order valence-electron chi connectivity index (χ0n) is 13.6. The van der Waals surface area contributed by atoms with Crippen molar-refractivity contribution in [3.05, 3.63) is 21.4 Å². The van der Waals surface area contributed by atoms with E-state index in [4.69, 9.17) is 0 Å². The first kappa shape index (κ1) is 17.5. The highest BCUT2D eigenvalue weighted by Gasteiger charge is 2.35. The Morgan fingerprint density at radius 3 is 2.64 bits per heavy atom. The van der Waals surface area contributed by atoms with E-state index >= 15 is 0 Å². The highest BCUT2D eigenvalue weighted by molar-refractivity contribution is 7.91. The molecule has 1 aromatic rings. The summed E-state index contributed by atoms with van der Waals surface area (Å²) >= 11 is 1.53. The average Bonchev–Trinajstić information content (AvgIpc) is 2.99. The van der Waals surface area contributed by atoms with Gasteiger partial charge in [0.1, 0.15) is 0 Å². The number of thiophene rings is 1. The molecule has 0 N–H and O–H groups in total. The van der Waals surface area contributed by atoms with Crippen LogP contribution in [0.25, 0.3) is 0 Å². The summed E-state index contributed by atoms with van der Waals surface area (Å²) in [4.78, 5) is 16.6. The maximum Gasteiger partial charge on any atom is 0.264 e. The van der Waals surface area contributed by atoms with Crippen LogP contribution in [0.1, 0.15) is 53.2 Å². The smallest absolute Gasteiger partial charge is 0.264 e. The van der Waals surface area contributed by atoms with Crippen molar-refractivity contribution in [3.63, 3.8) is 0 Å². The maximum absolute atomic E-state index is 12.8. The average molecular weight is 344 g/mol. The molecular weight excluding hydrogens is 318 g/mol. The van der Waals surface area contributed by atoms with Gasteiger partial charge in [-0.3, -0.25) is 4.79 Å². The molecule has 1 aromatic heterocycles. The second-order valence-electron chi connectivity index (χ2n) is 6.00. The van der Waals surface area contributed by atoms with Gasteiger partial charge in [0.25, 0.3) is 5.91 Å².